The van der Waals surface area contributed by atoms with Crippen molar-refractivity contribution in [2.75, 3.05) is 31.2 Å². The van der Waals surface area contributed by atoms with E-state index < -0.39 is 5.82 Å². The molecule has 6 nitrogen and oxygen atoms in total. The van der Waals surface area contributed by atoms with Crippen LogP contribution >= 0.6 is 0 Å². The van der Waals surface area contributed by atoms with Gasteiger partial charge in [-0.05, 0) is 24.3 Å². The number of nitrogens with zero attached hydrogens (tertiary/aromatic N) is 3. The molecule has 0 radical (unpaired) electrons. The maximum absolute atomic E-state index is 13.1. The molecule has 23 heavy (non-hydrogen) atoms. The average molecular weight is 316 g/mol. The van der Waals surface area contributed by atoms with Crippen LogP contribution in [0.5, 0.6) is 0 Å². The van der Waals surface area contributed by atoms with Crippen molar-refractivity contribution in [1.29, 1.82) is 0 Å². The number of carbonyl (C=O) groups excluding carboxylic acids is 1. The van der Waals surface area contributed by atoms with Crippen LogP contribution in [0.2, 0.25) is 0 Å². The first-order valence-electron chi connectivity index (χ1n) is 7.41. The van der Waals surface area contributed by atoms with Crippen LogP contribution in [0.15, 0.2) is 36.5 Å². The number of ether oxygens (including phenoxy) is 1. The highest BCUT2D eigenvalue weighted by atomic mass is 19.1. The highest BCUT2D eigenvalue weighted by Gasteiger charge is 2.14. The Morgan fingerprint density at radius 1 is 1.30 bits per heavy atom. The maximum atomic E-state index is 13.1. The van der Waals surface area contributed by atoms with Crippen molar-refractivity contribution in [3.05, 3.63) is 53.6 Å². The molecular weight excluding hydrogens is 299 g/mol. The van der Waals surface area contributed by atoms with Gasteiger partial charge in [-0.25, -0.2) is 14.4 Å². The lowest BCUT2D eigenvalue weighted by Gasteiger charge is -2.26. The Bertz CT molecular complexity index is 689. The lowest BCUT2D eigenvalue weighted by molar-refractivity contribution is 0.0950. The first kappa shape index (κ1) is 15.4. The van der Waals surface area contributed by atoms with E-state index in [1.165, 1.54) is 18.2 Å². The number of anilines is 1. The van der Waals surface area contributed by atoms with Gasteiger partial charge in [-0.2, -0.15) is 0 Å². The summed E-state index contributed by atoms with van der Waals surface area (Å²) in [4.78, 5) is 22.8. The van der Waals surface area contributed by atoms with Crippen LogP contribution in [0.1, 0.15) is 16.1 Å². The summed E-state index contributed by atoms with van der Waals surface area (Å²) in [5.41, 5.74) is 0.985. The topological polar surface area (TPSA) is 67.4 Å². The summed E-state index contributed by atoms with van der Waals surface area (Å²) in [6.45, 7) is 3.07. The summed E-state index contributed by atoms with van der Waals surface area (Å²) < 4.78 is 18.4. The van der Waals surface area contributed by atoms with Gasteiger partial charge in [0.05, 0.1) is 25.5 Å². The minimum Gasteiger partial charge on any atom is -0.378 e. The van der Waals surface area contributed by atoms with Crippen molar-refractivity contribution in [3.63, 3.8) is 0 Å². The number of aromatic nitrogens is 2. The number of carbonyl (C=O) groups is 1. The lowest BCUT2D eigenvalue weighted by Crippen LogP contribution is -2.37. The molecule has 0 unspecified atom stereocenters. The van der Waals surface area contributed by atoms with Crippen molar-refractivity contribution < 1.29 is 13.9 Å². The second-order valence-electron chi connectivity index (χ2n) is 5.14. The largest absolute Gasteiger partial charge is 0.378 e. The summed E-state index contributed by atoms with van der Waals surface area (Å²) in [7, 11) is 0. The number of hydrogen-bond acceptors (Lipinski definition) is 5. The summed E-state index contributed by atoms with van der Waals surface area (Å²) >= 11 is 0. The Morgan fingerprint density at radius 3 is 2.91 bits per heavy atom. The molecule has 1 N–H and O–H groups in total. The van der Waals surface area contributed by atoms with Gasteiger partial charge in [-0.1, -0.05) is 6.07 Å². The van der Waals surface area contributed by atoms with E-state index in [1.807, 2.05) is 4.90 Å². The van der Waals surface area contributed by atoms with E-state index in [1.54, 1.807) is 18.3 Å². The Morgan fingerprint density at radius 2 is 2.13 bits per heavy atom. The Hall–Kier alpha value is -2.54. The molecule has 1 amide bonds. The molecule has 0 atom stereocenters. The fraction of sp³-hybridized carbons (Fsp3) is 0.312. The van der Waals surface area contributed by atoms with Gasteiger partial charge in [0.15, 0.2) is 0 Å². The van der Waals surface area contributed by atoms with Crippen molar-refractivity contribution in [2.45, 2.75) is 6.54 Å². The van der Waals surface area contributed by atoms with Crippen LogP contribution < -0.4 is 10.2 Å². The predicted molar refractivity (Wildman–Crippen MR) is 82.6 cm³/mol. The number of benzene rings is 1. The molecule has 120 valence electrons. The predicted octanol–water partition coefficient (Wildman–Crippen LogP) is 1.38. The first-order valence-corrected chi connectivity index (χ1v) is 7.41. The fourth-order valence-electron chi connectivity index (χ4n) is 2.30. The number of rotatable bonds is 4. The molecule has 1 fully saturated rings. The zero-order valence-corrected chi connectivity index (χ0v) is 12.5. The third kappa shape index (κ3) is 4.01. The van der Waals surface area contributed by atoms with E-state index in [2.05, 4.69) is 15.3 Å². The van der Waals surface area contributed by atoms with Crippen molar-refractivity contribution in [2.24, 2.45) is 0 Å². The molecule has 1 aliphatic rings. The minimum atomic E-state index is -0.436. The molecule has 1 aromatic heterocycles. The van der Waals surface area contributed by atoms with Gasteiger partial charge < -0.3 is 15.0 Å². The second-order valence-corrected chi connectivity index (χ2v) is 5.14. The SMILES string of the molecule is O=C(NCc1ccnc(N2CCOCC2)n1)c1cccc(F)c1. The number of halogens is 1. The molecule has 1 aromatic carbocycles. The molecular formula is C16H17FN4O2. The zero-order chi connectivity index (χ0) is 16.1. The summed E-state index contributed by atoms with van der Waals surface area (Å²) in [5.74, 6) is -0.142. The first-order chi connectivity index (χ1) is 11.2. The molecule has 0 bridgehead atoms. The number of morpholine rings is 1. The van der Waals surface area contributed by atoms with E-state index in [9.17, 15) is 9.18 Å². The van der Waals surface area contributed by atoms with Gasteiger partial charge in [0.25, 0.3) is 5.91 Å². The van der Waals surface area contributed by atoms with Crippen LogP contribution in [0.4, 0.5) is 10.3 Å². The summed E-state index contributed by atoms with van der Waals surface area (Å²) in [6.07, 6.45) is 1.67. The average Bonchev–Trinajstić information content (AvgIpc) is 2.61. The molecule has 1 aliphatic heterocycles. The van der Waals surface area contributed by atoms with Gasteiger partial charge >= 0.3 is 0 Å². The van der Waals surface area contributed by atoms with Crippen LogP contribution in [0, 0.1) is 5.82 Å². The summed E-state index contributed by atoms with van der Waals surface area (Å²) in [5, 5.41) is 2.73. The molecule has 0 saturated carbocycles. The smallest absolute Gasteiger partial charge is 0.251 e. The van der Waals surface area contributed by atoms with E-state index in [0.717, 1.165) is 13.1 Å². The monoisotopic (exact) mass is 316 g/mol. The quantitative estimate of drug-likeness (QED) is 0.923. The third-order valence-electron chi connectivity index (χ3n) is 3.51. The molecule has 0 spiro atoms. The van der Waals surface area contributed by atoms with Gasteiger partial charge in [-0.3, -0.25) is 4.79 Å². The summed E-state index contributed by atoms with van der Waals surface area (Å²) in [6, 6.07) is 7.32. The van der Waals surface area contributed by atoms with Gasteiger partial charge in [0.2, 0.25) is 5.95 Å². The molecule has 7 heteroatoms. The van der Waals surface area contributed by atoms with Crippen LogP contribution in [-0.4, -0.2) is 42.2 Å². The molecule has 2 heterocycles. The third-order valence-corrected chi connectivity index (χ3v) is 3.51. The van der Waals surface area contributed by atoms with Gasteiger partial charge in [0.1, 0.15) is 5.82 Å². The van der Waals surface area contributed by atoms with Gasteiger partial charge in [0, 0.05) is 24.8 Å². The van der Waals surface area contributed by atoms with E-state index >= 15 is 0 Å². The number of amides is 1. The normalized spacial score (nSPS) is 14.6. The molecule has 1 saturated heterocycles. The maximum Gasteiger partial charge on any atom is 0.251 e. The minimum absolute atomic E-state index is 0.259. The molecule has 0 aliphatic carbocycles. The highest BCUT2D eigenvalue weighted by Crippen LogP contribution is 2.10. The fourth-order valence-corrected chi connectivity index (χ4v) is 2.30. The van der Waals surface area contributed by atoms with E-state index in [4.69, 9.17) is 4.74 Å². The second kappa shape index (κ2) is 7.15. The zero-order valence-electron chi connectivity index (χ0n) is 12.5. The Labute approximate surface area is 133 Å². The lowest BCUT2D eigenvalue weighted by atomic mass is 10.2. The van der Waals surface area contributed by atoms with Crippen molar-refractivity contribution >= 4 is 11.9 Å². The standard InChI is InChI=1S/C16H17FN4O2/c17-13-3-1-2-12(10-13)15(22)19-11-14-4-5-18-16(20-14)21-6-8-23-9-7-21/h1-5,10H,6-9,11H2,(H,19,22). The van der Waals surface area contributed by atoms with Crippen molar-refractivity contribution in [1.82, 2.24) is 15.3 Å². The molecule has 2 aromatic rings. The number of nitrogens with one attached hydrogen (secondary N) is 1. The van der Waals surface area contributed by atoms with Gasteiger partial charge in [-0.15, -0.1) is 0 Å². The van der Waals surface area contributed by atoms with E-state index in [-0.39, 0.29) is 18.0 Å². The highest BCUT2D eigenvalue weighted by molar-refractivity contribution is 5.94. The van der Waals surface area contributed by atoms with E-state index in [0.29, 0.717) is 24.9 Å². The van der Waals surface area contributed by atoms with Crippen molar-refractivity contribution in [3.8, 4) is 0 Å². The number of hydrogen-bond donors (Lipinski definition) is 1. The molecule has 3 rings (SSSR count). The van der Waals surface area contributed by atoms with Crippen LogP contribution in [-0.2, 0) is 11.3 Å². The van der Waals surface area contributed by atoms with Crippen LogP contribution in [0.25, 0.3) is 0 Å². The van der Waals surface area contributed by atoms with Crippen LogP contribution in [0.3, 0.4) is 0 Å². The Kier molecular flexibility index (Phi) is 4.77. The Balaban J connectivity index is 1.63.